The normalized spacial score (nSPS) is 31.0. The zero-order chi connectivity index (χ0) is 18.5. The van der Waals surface area contributed by atoms with Crippen molar-refractivity contribution in [2.75, 3.05) is 33.2 Å². The van der Waals surface area contributed by atoms with Gasteiger partial charge in [-0.25, -0.2) is 4.79 Å². The number of nitrogens with zero attached hydrogens (tertiary/aromatic N) is 3. The second-order valence-electron chi connectivity index (χ2n) is 6.93. The Bertz CT molecular complexity index is 643. The molecule has 0 bridgehead atoms. The smallest absolute Gasteiger partial charge is 0.353 e. The maximum absolute atomic E-state index is 12.3. The van der Waals surface area contributed by atoms with Gasteiger partial charge in [-0.2, -0.15) is 0 Å². The van der Waals surface area contributed by atoms with Crippen LogP contribution in [0.3, 0.4) is 0 Å². The standard InChI is InChI=1S/C16H23N3O4S2/c1-8-11-10(9(2)20)14(21)19(11)12(15(22)23)13(8)25-16(24)18-6-4-17(3)5-7-18/h8-11,20H,4-7H2,1-3H3,(H,22,23)/t8-,9-,10-,11-/m1/s1. The van der Waals surface area contributed by atoms with Crippen molar-refractivity contribution < 1.29 is 19.8 Å². The molecule has 2 fully saturated rings. The number of piperazine rings is 1. The van der Waals surface area contributed by atoms with E-state index >= 15 is 0 Å². The number of hydrogen-bond acceptors (Lipinski definition) is 6. The first kappa shape index (κ1) is 18.6. The quantitative estimate of drug-likeness (QED) is 0.534. The van der Waals surface area contributed by atoms with Crippen LogP contribution in [-0.4, -0.2) is 86.5 Å². The molecule has 0 aromatic rings. The molecule has 0 aromatic heterocycles. The van der Waals surface area contributed by atoms with E-state index in [9.17, 15) is 19.8 Å². The lowest BCUT2D eigenvalue weighted by atomic mass is 9.79. The summed E-state index contributed by atoms with van der Waals surface area (Å²) in [6.45, 7) is 6.94. The number of aliphatic carboxylic acids is 1. The van der Waals surface area contributed by atoms with Crippen molar-refractivity contribution in [2.24, 2.45) is 11.8 Å². The Balaban J connectivity index is 1.81. The SMILES string of the molecule is C[C@@H](O)[C@H]1C(=O)N2C(C(=O)O)=C(SC(=S)N3CCN(C)CC3)[C@H](C)[C@H]12. The third kappa shape index (κ3) is 3.07. The summed E-state index contributed by atoms with van der Waals surface area (Å²) in [4.78, 5) is 30.4. The molecule has 3 heterocycles. The van der Waals surface area contributed by atoms with Gasteiger partial charge in [0.1, 0.15) is 10.0 Å². The topological polar surface area (TPSA) is 84.3 Å². The highest BCUT2D eigenvalue weighted by Crippen LogP contribution is 2.50. The van der Waals surface area contributed by atoms with Crippen molar-refractivity contribution in [3.63, 3.8) is 0 Å². The fraction of sp³-hybridized carbons (Fsp3) is 0.688. The number of β-lactam (4-membered cyclic amide) rings is 1. The Kier molecular flexibility index (Phi) is 5.11. The first-order chi connectivity index (χ1) is 11.7. The van der Waals surface area contributed by atoms with Crippen LogP contribution in [0, 0.1) is 11.8 Å². The van der Waals surface area contributed by atoms with E-state index < -0.39 is 18.0 Å². The average Bonchev–Trinajstić information content (AvgIpc) is 2.77. The number of carbonyl (C=O) groups is 2. The number of amides is 1. The van der Waals surface area contributed by atoms with E-state index in [1.165, 1.54) is 16.7 Å². The van der Waals surface area contributed by atoms with Gasteiger partial charge >= 0.3 is 5.97 Å². The first-order valence-corrected chi connectivity index (χ1v) is 9.60. The Labute approximate surface area is 156 Å². The summed E-state index contributed by atoms with van der Waals surface area (Å²) in [5.74, 6) is -2.13. The molecule has 3 rings (SSSR count). The van der Waals surface area contributed by atoms with Crippen molar-refractivity contribution in [1.82, 2.24) is 14.7 Å². The van der Waals surface area contributed by atoms with Crippen LogP contribution >= 0.6 is 24.0 Å². The lowest BCUT2D eigenvalue weighted by molar-refractivity contribution is -0.163. The Morgan fingerprint density at radius 1 is 1.32 bits per heavy atom. The third-order valence-corrected chi connectivity index (χ3v) is 7.00. The summed E-state index contributed by atoms with van der Waals surface area (Å²) in [5, 5.41) is 19.5. The van der Waals surface area contributed by atoms with Crippen LogP contribution in [0.5, 0.6) is 0 Å². The summed E-state index contributed by atoms with van der Waals surface area (Å²) in [5.41, 5.74) is 0.0286. The molecule has 0 aliphatic carbocycles. The molecule has 2 saturated heterocycles. The van der Waals surface area contributed by atoms with Crippen molar-refractivity contribution in [3.8, 4) is 0 Å². The minimum Gasteiger partial charge on any atom is -0.477 e. The highest BCUT2D eigenvalue weighted by atomic mass is 32.2. The molecular formula is C16H23N3O4S2. The predicted molar refractivity (Wildman–Crippen MR) is 98.9 cm³/mol. The van der Waals surface area contributed by atoms with E-state index in [-0.39, 0.29) is 23.6 Å². The van der Waals surface area contributed by atoms with E-state index in [4.69, 9.17) is 12.2 Å². The number of carboxylic acids is 1. The molecule has 1 amide bonds. The molecule has 0 saturated carbocycles. The lowest BCUT2D eigenvalue weighted by Gasteiger charge is -2.46. The summed E-state index contributed by atoms with van der Waals surface area (Å²) in [6.07, 6.45) is -0.792. The van der Waals surface area contributed by atoms with Crippen LogP contribution in [0.2, 0.25) is 0 Å². The molecule has 0 radical (unpaired) electrons. The van der Waals surface area contributed by atoms with Gasteiger partial charge in [0, 0.05) is 37.0 Å². The van der Waals surface area contributed by atoms with Crippen molar-refractivity contribution in [2.45, 2.75) is 26.0 Å². The number of fused-ring (bicyclic) bond motifs is 1. The van der Waals surface area contributed by atoms with Crippen LogP contribution in [0.15, 0.2) is 10.6 Å². The largest absolute Gasteiger partial charge is 0.477 e. The number of aliphatic hydroxyl groups is 1. The molecule has 0 aromatic carbocycles. The third-order valence-electron chi connectivity index (χ3n) is 5.27. The second-order valence-corrected chi connectivity index (χ2v) is 8.61. The van der Waals surface area contributed by atoms with E-state index in [1.54, 1.807) is 6.92 Å². The molecule has 25 heavy (non-hydrogen) atoms. The van der Waals surface area contributed by atoms with Gasteiger partial charge in [0.05, 0.1) is 18.1 Å². The number of thioether (sulfide) groups is 1. The number of aliphatic hydroxyl groups excluding tert-OH is 1. The molecule has 4 atom stereocenters. The van der Waals surface area contributed by atoms with Gasteiger partial charge < -0.3 is 24.9 Å². The molecular weight excluding hydrogens is 362 g/mol. The number of carboxylic acid groups (broad SMARTS) is 1. The molecule has 0 unspecified atom stereocenters. The number of likely N-dealkylation sites (N-methyl/N-ethyl adjacent to an activating group) is 1. The van der Waals surface area contributed by atoms with E-state index in [0.29, 0.717) is 9.23 Å². The molecule has 138 valence electrons. The zero-order valence-electron chi connectivity index (χ0n) is 14.5. The molecule has 3 aliphatic heterocycles. The first-order valence-electron chi connectivity index (χ1n) is 8.38. The van der Waals surface area contributed by atoms with E-state index in [1.807, 2.05) is 6.92 Å². The monoisotopic (exact) mass is 385 g/mol. The Morgan fingerprint density at radius 2 is 1.92 bits per heavy atom. The maximum Gasteiger partial charge on any atom is 0.353 e. The average molecular weight is 386 g/mol. The minimum absolute atomic E-state index is 0.0286. The van der Waals surface area contributed by atoms with Gasteiger partial charge in [-0.3, -0.25) is 4.79 Å². The molecule has 7 nitrogen and oxygen atoms in total. The highest BCUT2D eigenvalue weighted by molar-refractivity contribution is 8.25. The van der Waals surface area contributed by atoms with Crippen LogP contribution in [-0.2, 0) is 9.59 Å². The van der Waals surface area contributed by atoms with Gasteiger partial charge in [-0.15, -0.1) is 0 Å². The summed E-state index contributed by atoms with van der Waals surface area (Å²) < 4.78 is 0.650. The van der Waals surface area contributed by atoms with Gasteiger partial charge in [0.2, 0.25) is 5.91 Å². The van der Waals surface area contributed by atoms with Gasteiger partial charge in [-0.1, -0.05) is 30.9 Å². The van der Waals surface area contributed by atoms with Crippen molar-refractivity contribution in [3.05, 3.63) is 10.6 Å². The molecule has 2 N–H and O–H groups in total. The molecule has 0 spiro atoms. The lowest BCUT2D eigenvalue weighted by Crippen LogP contribution is -2.63. The van der Waals surface area contributed by atoms with Crippen molar-refractivity contribution in [1.29, 1.82) is 0 Å². The Morgan fingerprint density at radius 3 is 2.44 bits per heavy atom. The fourth-order valence-corrected chi connectivity index (χ4v) is 5.36. The molecule has 9 heteroatoms. The van der Waals surface area contributed by atoms with Crippen LogP contribution in [0.4, 0.5) is 0 Å². The van der Waals surface area contributed by atoms with Crippen LogP contribution in [0.1, 0.15) is 13.8 Å². The fourth-order valence-electron chi connectivity index (χ4n) is 3.80. The highest BCUT2D eigenvalue weighted by Gasteiger charge is 2.60. The zero-order valence-corrected chi connectivity index (χ0v) is 16.1. The number of hydrogen-bond donors (Lipinski definition) is 2. The van der Waals surface area contributed by atoms with Gasteiger partial charge in [0.15, 0.2) is 0 Å². The number of rotatable bonds is 3. The van der Waals surface area contributed by atoms with Crippen LogP contribution < -0.4 is 0 Å². The Hall–Kier alpha value is -1.16. The summed E-state index contributed by atoms with van der Waals surface area (Å²) in [7, 11) is 2.06. The second kappa shape index (κ2) is 6.86. The summed E-state index contributed by atoms with van der Waals surface area (Å²) >= 11 is 6.83. The summed E-state index contributed by atoms with van der Waals surface area (Å²) in [6, 6.07) is -0.295. The van der Waals surface area contributed by atoms with E-state index in [2.05, 4.69) is 16.8 Å². The van der Waals surface area contributed by atoms with E-state index in [0.717, 1.165) is 26.2 Å². The van der Waals surface area contributed by atoms with Gasteiger partial charge in [-0.05, 0) is 14.0 Å². The molecule has 3 aliphatic rings. The van der Waals surface area contributed by atoms with Crippen LogP contribution in [0.25, 0.3) is 0 Å². The minimum atomic E-state index is -1.12. The van der Waals surface area contributed by atoms with Crippen molar-refractivity contribution >= 4 is 40.2 Å². The number of thiocarbonyl (C=S) groups is 1. The maximum atomic E-state index is 12.3. The number of carbonyl (C=O) groups excluding carboxylic acids is 1. The predicted octanol–water partition coefficient (Wildman–Crippen LogP) is 0.406. The van der Waals surface area contributed by atoms with Gasteiger partial charge in [0.25, 0.3) is 0 Å².